The summed E-state index contributed by atoms with van der Waals surface area (Å²) in [5.74, 6) is -0.341. The largest absolute Gasteiger partial charge is 0.506 e. The quantitative estimate of drug-likeness (QED) is 0.371. The fraction of sp³-hybridized carbons (Fsp3) is 0.591. The van der Waals surface area contributed by atoms with Crippen LogP contribution in [-0.2, 0) is 4.79 Å². The highest BCUT2D eigenvalue weighted by Gasteiger charge is 1.97. The van der Waals surface area contributed by atoms with E-state index in [1.54, 1.807) is 6.20 Å². The number of aromatic amines is 1. The molecule has 0 fully saturated rings. The Hall–Kier alpha value is -1.97. The van der Waals surface area contributed by atoms with Crippen LogP contribution in [0.25, 0.3) is 10.9 Å². The molecule has 0 radical (unpaired) electrons. The minimum absolute atomic E-state index is 0.315. The molecule has 146 valence electrons. The van der Waals surface area contributed by atoms with E-state index in [0.717, 1.165) is 23.7 Å². The van der Waals surface area contributed by atoms with Crippen LogP contribution in [0.1, 0.15) is 84.0 Å². The number of hydrogen-bond donors (Lipinski definition) is 3. The lowest BCUT2D eigenvalue weighted by atomic mass is 10.1. The van der Waals surface area contributed by atoms with E-state index < -0.39 is 5.97 Å². The standard InChI is InChI=1S/C14H28O2.C8H7NO/c1-2-3-4-5-6-7-8-9-10-11-12-13-14(15)16;10-8-5-9-7-4-2-1-3-6(7)8/h2-13H2,1H3,(H,15,16);1-5,9-10H. The van der Waals surface area contributed by atoms with Gasteiger partial charge in [0.1, 0.15) is 5.75 Å². The van der Waals surface area contributed by atoms with Gasteiger partial charge in [-0.15, -0.1) is 0 Å². The monoisotopic (exact) mass is 361 g/mol. The number of aromatic hydroxyl groups is 1. The van der Waals surface area contributed by atoms with E-state index in [-0.39, 0.29) is 0 Å². The van der Waals surface area contributed by atoms with Crippen molar-refractivity contribution in [2.45, 2.75) is 84.0 Å². The smallest absolute Gasteiger partial charge is 0.303 e. The number of rotatable bonds is 12. The topological polar surface area (TPSA) is 73.3 Å². The van der Waals surface area contributed by atoms with E-state index >= 15 is 0 Å². The molecule has 2 rings (SSSR count). The molecule has 0 unspecified atom stereocenters. The molecule has 0 saturated carbocycles. The molecule has 0 amide bonds. The summed E-state index contributed by atoms with van der Waals surface area (Å²) in [5.41, 5.74) is 0.972. The first-order valence-corrected chi connectivity index (χ1v) is 10.1. The molecule has 0 aliphatic heterocycles. The van der Waals surface area contributed by atoms with Gasteiger partial charge in [0, 0.05) is 23.5 Å². The Morgan fingerprint density at radius 1 is 0.885 bits per heavy atom. The number of carbonyl (C=O) groups is 1. The van der Waals surface area contributed by atoms with Gasteiger partial charge in [-0.25, -0.2) is 0 Å². The number of hydrogen-bond acceptors (Lipinski definition) is 2. The van der Waals surface area contributed by atoms with Gasteiger partial charge >= 0.3 is 5.97 Å². The van der Waals surface area contributed by atoms with Crippen LogP contribution >= 0.6 is 0 Å². The highest BCUT2D eigenvalue weighted by molar-refractivity contribution is 5.85. The first-order chi connectivity index (χ1) is 12.6. The van der Waals surface area contributed by atoms with Crippen LogP contribution in [0.3, 0.4) is 0 Å². The van der Waals surface area contributed by atoms with Gasteiger partial charge in [0.25, 0.3) is 0 Å². The van der Waals surface area contributed by atoms with Crippen molar-refractivity contribution in [2.24, 2.45) is 0 Å². The van der Waals surface area contributed by atoms with Gasteiger partial charge in [0.15, 0.2) is 0 Å². The summed E-state index contributed by atoms with van der Waals surface area (Å²) >= 11 is 0. The number of fused-ring (bicyclic) bond motifs is 1. The maximum Gasteiger partial charge on any atom is 0.303 e. The molecule has 26 heavy (non-hydrogen) atoms. The Morgan fingerprint density at radius 3 is 1.96 bits per heavy atom. The summed E-state index contributed by atoms with van der Waals surface area (Å²) in [6, 6.07) is 7.63. The molecule has 0 atom stereocenters. The summed E-state index contributed by atoms with van der Waals surface area (Å²) < 4.78 is 0. The van der Waals surface area contributed by atoms with E-state index in [0.29, 0.717) is 12.2 Å². The Balaban J connectivity index is 0.000000284. The highest BCUT2D eigenvalue weighted by atomic mass is 16.4. The van der Waals surface area contributed by atoms with Gasteiger partial charge in [-0.3, -0.25) is 4.79 Å². The Kier molecular flexibility index (Phi) is 12.1. The zero-order valence-electron chi connectivity index (χ0n) is 16.2. The second kappa shape index (κ2) is 14.2. The van der Waals surface area contributed by atoms with Crippen molar-refractivity contribution in [2.75, 3.05) is 0 Å². The Bertz CT molecular complexity index is 606. The highest BCUT2D eigenvalue weighted by Crippen LogP contribution is 2.22. The molecule has 0 aliphatic carbocycles. The first kappa shape index (κ1) is 22.1. The van der Waals surface area contributed by atoms with Crippen LogP contribution in [0.2, 0.25) is 0 Å². The minimum atomic E-state index is -0.657. The van der Waals surface area contributed by atoms with Crippen molar-refractivity contribution in [3.8, 4) is 5.75 Å². The van der Waals surface area contributed by atoms with E-state index in [2.05, 4.69) is 11.9 Å². The zero-order chi connectivity index (χ0) is 19.0. The van der Waals surface area contributed by atoms with Crippen LogP contribution in [-0.4, -0.2) is 21.2 Å². The Labute approximate surface area is 157 Å². The average Bonchev–Trinajstić information content (AvgIpc) is 3.01. The predicted molar refractivity (Wildman–Crippen MR) is 109 cm³/mol. The summed E-state index contributed by atoms with van der Waals surface area (Å²) in [6.07, 6.45) is 15.9. The van der Waals surface area contributed by atoms with E-state index in [9.17, 15) is 9.90 Å². The molecule has 4 nitrogen and oxygen atoms in total. The third-order valence-corrected chi connectivity index (χ3v) is 4.56. The predicted octanol–water partition coefficient (Wildman–Crippen LogP) is 6.65. The van der Waals surface area contributed by atoms with Crippen LogP contribution in [0.4, 0.5) is 0 Å². The van der Waals surface area contributed by atoms with E-state index in [4.69, 9.17) is 5.11 Å². The molecule has 0 bridgehead atoms. The van der Waals surface area contributed by atoms with Gasteiger partial charge in [0.2, 0.25) is 0 Å². The van der Waals surface area contributed by atoms with Crippen molar-refractivity contribution in [3.63, 3.8) is 0 Å². The molecule has 0 aliphatic rings. The number of aliphatic carboxylic acids is 1. The van der Waals surface area contributed by atoms with Crippen molar-refractivity contribution in [1.82, 2.24) is 4.98 Å². The Morgan fingerprint density at radius 2 is 1.42 bits per heavy atom. The van der Waals surface area contributed by atoms with Crippen LogP contribution in [0, 0.1) is 0 Å². The summed E-state index contributed by atoms with van der Waals surface area (Å²) in [7, 11) is 0. The number of H-pyrrole nitrogens is 1. The number of carboxylic acids is 1. The summed E-state index contributed by atoms with van der Waals surface area (Å²) in [6.45, 7) is 2.25. The van der Waals surface area contributed by atoms with Crippen molar-refractivity contribution >= 4 is 16.9 Å². The average molecular weight is 362 g/mol. The molecular weight excluding hydrogens is 326 g/mol. The third-order valence-electron chi connectivity index (χ3n) is 4.56. The lowest BCUT2D eigenvalue weighted by Crippen LogP contribution is -1.93. The van der Waals surface area contributed by atoms with Gasteiger partial charge in [-0.2, -0.15) is 0 Å². The number of unbranched alkanes of at least 4 members (excludes halogenated alkanes) is 10. The van der Waals surface area contributed by atoms with Crippen molar-refractivity contribution < 1.29 is 15.0 Å². The summed E-state index contributed by atoms with van der Waals surface area (Å²) in [4.78, 5) is 13.2. The summed E-state index contributed by atoms with van der Waals surface area (Å²) in [5, 5.41) is 18.5. The molecule has 3 N–H and O–H groups in total. The van der Waals surface area contributed by atoms with Gasteiger partial charge in [-0.1, -0.05) is 83.3 Å². The number of aromatic nitrogens is 1. The van der Waals surface area contributed by atoms with Gasteiger partial charge in [-0.05, 0) is 18.6 Å². The minimum Gasteiger partial charge on any atom is -0.506 e. The second-order valence-electron chi connectivity index (χ2n) is 6.90. The first-order valence-electron chi connectivity index (χ1n) is 10.1. The molecule has 1 aromatic carbocycles. The number of para-hydroxylation sites is 1. The fourth-order valence-corrected chi connectivity index (χ4v) is 3.00. The van der Waals surface area contributed by atoms with Crippen LogP contribution in [0.15, 0.2) is 30.5 Å². The van der Waals surface area contributed by atoms with E-state index in [1.165, 1.54) is 57.8 Å². The molecule has 0 spiro atoms. The molecule has 0 saturated heterocycles. The van der Waals surface area contributed by atoms with Crippen molar-refractivity contribution in [1.29, 1.82) is 0 Å². The maximum absolute atomic E-state index is 10.3. The van der Waals surface area contributed by atoms with Gasteiger partial charge < -0.3 is 15.2 Å². The number of carboxylic acid groups (broad SMARTS) is 1. The van der Waals surface area contributed by atoms with E-state index in [1.807, 2.05) is 24.3 Å². The molecule has 4 heteroatoms. The van der Waals surface area contributed by atoms with Crippen LogP contribution < -0.4 is 0 Å². The normalized spacial score (nSPS) is 10.5. The van der Waals surface area contributed by atoms with Crippen LogP contribution in [0.5, 0.6) is 5.75 Å². The number of nitrogens with one attached hydrogen (secondary N) is 1. The fourth-order valence-electron chi connectivity index (χ4n) is 3.00. The molecule has 2 aromatic rings. The second-order valence-corrected chi connectivity index (χ2v) is 6.90. The lowest BCUT2D eigenvalue weighted by molar-refractivity contribution is -0.137. The maximum atomic E-state index is 10.3. The SMILES string of the molecule is CCCCCCCCCCCCCC(=O)O.Oc1c[nH]c2ccccc12. The van der Waals surface area contributed by atoms with Crippen molar-refractivity contribution in [3.05, 3.63) is 30.5 Å². The number of benzene rings is 1. The molecule has 1 aromatic heterocycles. The molecular formula is C22H35NO3. The zero-order valence-corrected chi connectivity index (χ0v) is 16.2. The van der Waals surface area contributed by atoms with Gasteiger partial charge in [0.05, 0.1) is 0 Å². The third kappa shape index (κ3) is 10.1. The lowest BCUT2D eigenvalue weighted by Gasteiger charge is -2.01. The molecule has 1 heterocycles.